The third kappa shape index (κ3) is 2.79. The Labute approximate surface area is 102 Å². The Kier molecular flexibility index (Phi) is 3.34. The minimum Gasteiger partial charge on any atom is -0.345 e. The van der Waals surface area contributed by atoms with E-state index in [0.717, 1.165) is 5.69 Å². The summed E-state index contributed by atoms with van der Waals surface area (Å²) in [5, 5.41) is 9.37. The lowest BCUT2D eigenvalue weighted by atomic mass is 10.2. The van der Waals surface area contributed by atoms with Crippen LogP contribution in [0.25, 0.3) is 0 Å². The van der Waals surface area contributed by atoms with Crippen LogP contribution in [-0.2, 0) is 6.54 Å². The fourth-order valence-electron chi connectivity index (χ4n) is 1.27. The molecule has 0 spiro atoms. The summed E-state index contributed by atoms with van der Waals surface area (Å²) in [6.07, 6.45) is 2.83. The fourth-order valence-corrected chi connectivity index (χ4v) is 1.56. The summed E-state index contributed by atoms with van der Waals surface area (Å²) in [6, 6.07) is 1.64. The molecule has 2 aromatic heterocycles. The second-order valence-corrected chi connectivity index (χ2v) is 3.83. The number of aromatic amines is 1. The van der Waals surface area contributed by atoms with Crippen molar-refractivity contribution in [3.63, 3.8) is 0 Å². The molecule has 0 unspecified atom stereocenters. The van der Waals surface area contributed by atoms with Crippen LogP contribution in [0.3, 0.4) is 0 Å². The predicted molar refractivity (Wildman–Crippen MR) is 61.5 cm³/mol. The molecule has 0 bridgehead atoms. The first kappa shape index (κ1) is 11.5. The Morgan fingerprint density at radius 1 is 1.53 bits per heavy atom. The zero-order chi connectivity index (χ0) is 12.3. The number of pyridine rings is 1. The first-order valence-electron chi connectivity index (χ1n) is 4.91. The van der Waals surface area contributed by atoms with Gasteiger partial charge in [0.25, 0.3) is 5.91 Å². The van der Waals surface area contributed by atoms with Crippen LogP contribution in [0.4, 0.5) is 0 Å². The minimum absolute atomic E-state index is 0.267. The molecule has 0 aliphatic rings. The van der Waals surface area contributed by atoms with Gasteiger partial charge in [-0.25, -0.2) is 4.98 Å². The van der Waals surface area contributed by atoms with Gasteiger partial charge in [0.1, 0.15) is 12.2 Å². The number of aryl methyl sites for hydroxylation is 1. The van der Waals surface area contributed by atoms with Crippen molar-refractivity contribution >= 4 is 17.5 Å². The van der Waals surface area contributed by atoms with E-state index in [2.05, 4.69) is 25.5 Å². The second-order valence-electron chi connectivity index (χ2n) is 3.42. The summed E-state index contributed by atoms with van der Waals surface area (Å²) in [7, 11) is 0. The van der Waals surface area contributed by atoms with E-state index in [0.29, 0.717) is 16.4 Å². The number of H-pyrrole nitrogens is 1. The number of rotatable bonds is 3. The smallest absolute Gasteiger partial charge is 0.254 e. The quantitative estimate of drug-likeness (QED) is 0.855. The van der Waals surface area contributed by atoms with Crippen LogP contribution < -0.4 is 5.32 Å². The number of hydrogen-bond acceptors (Lipinski definition) is 4. The molecule has 0 radical (unpaired) electrons. The molecule has 17 heavy (non-hydrogen) atoms. The number of amides is 1. The molecule has 0 saturated heterocycles. The predicted octanol–water partition coefficient (Wildman–Crippen LogP) is 1.09. The first-order chi connectivity index (χ1) is 8.16. The lowest BCUT2D eigenvalue weighted by molar-refractivity contribution is 0.0949. The topological polar surface area (TPSA) is 83.6 Å². The van der Waals surface area contributed by atoms with E-state index < -0.39 is 0 Å². The standard InChI is InChI=1S/C10H10ClN5O/c1-6-2-8(11)7(3-12-6)10(17)13-4-9-14-5-15-16-9/h2-3,5H,4H2,1H3,(H,13,17)(H,14,15,16). The number of nitrogens with zero attached hydrogens (tertiary/aromatic N) is 3. The third-order valence-corrected chi connectivity index (χ3v) is 2.43. The van der Waals surface area contributed by atoms with Crippen molar-refractivity contribution in [3.05, 3.63) is 40.7 Å². The molecule has 6 nitrogen and oxygen atoms in total. The van der Waals surface area contributed by atoms with Gasteiger partial charge in [-0.05, 0) is 13.0 Å². The van der Waals surface area contributed by atoms with Crippen LogP contribution in [0.15, 0.2) is 18.6 Å². The molecular formula is C10H10ClN5O. The zero-order valence-corrected chi connectivity index (χ0v) is 9.82. The van der Waals surface area contributed by atoms with Crippen LogP contribution in [0.2, 0.25) is 5.02 Å². The van der Waals surface area contributed by atoms with Crippen molar-refractivity contribution in [2.45, 2.75) is 13.5 Å². The number of aromatic nitrogens is 4. The molecule has 2 heterocycles. The van der Waals surface area contributed by atoms with Crippen molar-refractivity contribution < 1.29 is 4.79 Å². The van der Waals surface area contributed by atoms with Gasteiger partial charge in [0.05, 0.1) is 17.1 Å². The Balaban J connectivity index is 2.04. The Hall–Kier alpha value is -1.95. The monoisotopic (exact) mass is 251 g/mol. The van der Waals surface area contributed by atoms with Gasteiger partial charge in [-0.1, -0.05) is 11.6 Å². The van der Waals surface area contributed by atoms with Crippen molar-refractivity contribution in [1.29, 1.82) is 0 Å². The van der Waals surface area contributed by atoms with Gasteiger partial charge >= 0.3 is 0 Å². The molecule has 0 atom stereocenters. The maximum Gasteiger partial charge on any atom is 0.254 e. The molecule has 0 fully saturated rings. The SMILES string of the molecule is Cc1cc(Cl)c(C(=O)NCc2ncn[nH]2)cn1. The summed E-state index contributed by atoms with van der Waals surface area (Å²) in [5.41, 5.74) is 1.11. The lowest BCUT2D eigenvalue weighted by Gasteiger charge is -2.05. The van der Waals surface area contributed by atoms with Crippen LogP contribution in [0, 0.1) is 6.92 Å². The van der Waals surface area contributed by atoms with E-state index in [1.807, 2.05) is 6.92 Å². The van der Waals surface area contributed by atoms with Gasteiger partial charge in [-0.2, -0.15) is 5.10 Å². The molecule has 88 valence electrons. The molecule has 2 N–H and O–H groups in total. The van der Waals surface area contributed by atoms with Crippen LogP contribution >= 0.6 is 11.6 Å². The van der Waals surface area contributed by atoms with Crippen molar-refractivity contribution in [2.75, 3.05) is 0 Å². The molecule has 2 rings (SSSR count). The lowest BCUT2D eigenvalue weighted by Crippen LogP contribution is -2.24. The maximum absolute atomic E-state index is 11.8. The van der Waals surface area contributed by atoms with Crippen LogP contribution in [0.1, 0.15) is 21.9 Å². The van der Waals surface area contributed by atoms with E-state index in [4.69, 9.17) is 11.6 Å². The summed E-state index contributed by atoms with van der Waals surface area (Å²) < 4.78 is 0. The van der Waals surface area contributed by atoms with Gasteiger partial charge in [0.15, 0.2) is 0 Å². The molecule has 0 aliphatic carbocycles. The first-order valence-corrected chi connectivity index (χ1v) is 5.29. The van der Waals surface area contributed by atoms with Gasteiger partial charge in [0.2, 0.25) is 0 Å². The van der Waals surface area contributed by atoms with E-state index in [1.54, 1.807) is 6.07 Å². The Bertz CT molecular complexity index is 525. The Morgan fingerprint density at radius 2 is 2.35 bits per heavy atom. The highest BCUT2D eigenvalue weighted by Gasteiger charge is 2.11. The van der Waals surface area contributed by atoms with Crippen molar-refractivity contribution in [1.82, 2.24) is 25.5 Å². The van der Waals surface area contributed by atoms with E-state index in [-0.39, 0.29) is 12.5 Å². The summed E-state index contributed by atoms with van der Waals surface area (Å²) >= 11 is 5.95. The minimum atomic E-state index is -0.293. The van der Waals surface area contributed by atoms with Gasteiger partial charge in [-0.3, -0.25) is 14.9 Å². The fraction of sp³-hybridized carbons (Fsp3) is 0.200. The van der Waals surface area contributed by atoms with Gasteiger partial charge in [-0.15, -0.1) is 0 Å². The number of hydrogen-bond donors (Lipinski definition) is 2. The highest BCUT2D eigenvalue weighted by atomic mass is 35.5. The highest BCUT2D eigenvalue weighted by Crippen LogP contribution is 2.15. The number of nitrogens with one attached hydrogen (secondary N) is 2. The van der Waals surface area contributed by atoms with Gasteiger partial charge < -0.3 is 5.32 Å². The average Bonchev–Trinajstić information content (AvgIpc) is 2.78. The van der Waals surface area contributed by atoms with Gasteiger partial charge in [0, 0.05) is 11.9 Å². The summed E-state index contributed by atoms with van der Waals surface area (Å²) in [4.78, 5) is 19.7. The molecule has 1 amide bonds. The normalized spacial score (nSPS) is 10.2. The second kappa shape index (κ2) is 4.92. The zero-order valence-electron chi connectivity index (χ0n) is 9.07. The van der Waals surface area contributed by atoms with E-state index in [1.165, 1.54) is 12.5 Å². The van der Waals surface area contributed by atoms with Crippen molar-refractivity contribution in [2.24, 2.45) is 0 Å². The molecule has 0 saturated carbocycles. The molecular weight excluding hydrogens is 242 g/mol. The highest BCUT2D eigenvalue weighted by molar-refractivity contribution is 6.33. The average molecular weight is 252 g/mol. The number of carbonyl (C=O) groups excluding carboxylic acids is 1. The Morgan fingerprint density at radius 3 is 3.00 bits per heavy atom. The molecule has 0 aromatic carbocycles. The van der Waals surface area contributed by atoms with Crippen LogP contribution in [-0.4, -0.2) is 26.1 Å². The largest absolute Gasteiger partial charge is 0.345 e. The van der Waals surface area contributed by atoms with Crippen LogP contribution in [0.5, 0.6) is 0 Å². The summed E-state index contributed by atoms with van der Waals surface area (Å²) in [5.74, 6) is 0.286. The third-order valence-electron chi connectivity index (χ3n) is 2.12. The molecule has 2 aromatic rings. The summed E-state index contributed by atoms with van der Waals surface area (Å²) in [6.45, 7) is 2.07. The number of halogens is 1. The van der Waals surface area contributed by atoms with Crippen molar-refractivity contribution in [3.8, 4) is 0 Å². The van der Waals surface area contributed by atoms with E-state index >= 15 is 0 Å². The molecule has 0 aliphatic heterocycles. The van der Waals surface area contributed by atoms with E-state index in [9.17, 15) is 4.79 Å². The number of carbonyl (C=O) groups is 1. The maximum atomic E-state index is 11.8. The molecule has 7 heteroatoms.